The topological polar surface area (TPSA) is 50.2 Å². The average Bonchev–Trinajstić information content (AvgIpc) is 2.16. The number of nitrogens with zero attached hydrogens (tertiary/aromatic N) is 1. The maximum atomic E-state index is 10.8. The Labute approximate surface area is 87.6 Å². The maximum Gasteiger partial charge on any atom is 0.335 e. The molecule has 0 aromatic carbocycles. The molecule has 0 bridgehead atoms. The van der Waals surface area contributed by atoms with Gasteiger partial charge in [0, 0.05) is 5.69 Å². The van der Waals surface area contributed by atoms with Crippen molar-refractivity contribution in [2.75, 3.05) is 6.26 Å². The van der Waals surface area contributed by atoms with Gasteiger partial charge in [0.2, 0.25) is 0 Å². The summed E-state index contributed by atoms with van der Waals surface area (Å²) >= 11 is 1.46. The van der Waals surface area contributed by atoms with Crippen molar-refractivity contribution in [3.8, 4) is 0 Å². The second-order valence-corrected chi connectivity index (χ2v) is 4.11. The molecule has 1 N–H and O–H groups in total. The molecule has 0 aliphatic heterocycles. The normalized spacial score (nSPS) is 10.6. The summed E-state index contributed by atoms with van der Waals surface area (Å²) in [6.07, 6.45) is 1.89. The van der Waals surface area contributed by atoms with Gasteiger partial charge in [-0.05, 0) is 24.3 Å². The van der Waals surface area contributed by atoms with Crippen LogP contribution in [0.1, 0.15) is 35.8 Å². The lowest BCUT2D eigenvalue weighted by Crippen LogP contribution is -2.02. The molecule has 1 rings (SSSR count). The molecule has 3 nitrogen and oxygen atoms in total. The number of hydrogen-bond acceptors (Lipinski definition) is 3. The SMILES string of the molecule is CSc1cc(C(=O)O)cc(C(C)C)n1. The molecule has 76 valence electrons. The summed E-state index contributed by atoms with van der Waals surface area (Å²) in [7, 11) is 0. The molecule has 1 aromatic rings. The van der Waals surface area contributed by atoms with Crippen LogP contribution in [0.5, 0.6) is 0 Å². The minimum Gasteiger partial charge on any atom is -0.478 e. The van der Waals surface area contributed by atoms with Crippen LogP contribution in [-0.2, 0) is 0 Å². The molecule has 0 saturated heterocycles. The Bertz CT molecular complexity index is 350. The van der Waals surface area contributed by atoms with Crippen molar-refractivity contribution in [3.63, 3.8) is 0 Å². The first-order chi connectivity index (χ1) is 6.54. The highest BCUT2D eigenvalue weighted by molar-refractivity contribution is 7.98. The highest BCUT2D eigenvalue weighted by Gasteiger charge is 2.09. The van der Waals surface area contributed by atoms with Gasteiger partial charge in [-0.25, -0.2) is 9.78 Å². The first kappa shape index (κ1) is 11.0. The van der Waals surface area contributed by atoms with E-state index in [0.29, 0.717) is 5.56 Å². The number of aromatic carboxylic acids is 1. The van der Waals surface area contributed by atoms with Crippen molar-refractivity contribution in [2.45, 2.75) is 24.8 Å². The van der Waals surface area contributed by atoms with E-state index in [1.807, 2.05) is 20.1 Å². The van der Waals surface area contributed by atoms with Crippen molar-refractivity contribution in [2.24, 2.45) is 0 Å². The number of rotatable bonds is 3. The number of pyridine rings is 1. The number of aromatic nitrogens is 1. The third kappa shape index (κ3) is 2.48. The van der Waals surface area contributed by atoms with Gasteiger partial charge in [-0.1, -0.05) is 13.8 Å². The lowest BCUT2D eigenvalue weighted by Gasteiger charge is -2.07. The second-order valence-electron chi connectivity index (χ2n) is 3.28. The summed E-state index contributed by atoms with van der Waals surface area (Å²) in [6, 6.07) is 3.23. The van der Waals surface area contributed by atoms with E-state index in [2.05, 4.69) is 4.98 Å². The molecule has 1 heterocycles. The van der Waals surface area contributed by atoms with Crippen LogP contribution in [0.2, 0.25) is 0 Å². The molecule has 0 aliphatic rings. The lowest BCUT2D eigenvalue weighted by atomic mass is 10.1. The van der Waals surface area contributed by atoms with E-state index in [0.717, 1.165) is 10.7 Å². The zero-order valence-corrected chi connectivity index (χ0v) is 9.26. The van der Waals surface area contributed by atoms with Crippen LogP contribution in [0.4, 0.5) is 0 Å². The Morgan fingerprint density at radius 3 is 2.57 bits per heavy atom. The molecular formula is C10H13NO2S. The maximum absolute atomic E-state index is 10.8. The van der Waals surface area contributed by atoms with Crippen LogP contribution in [0, 0.1) is 0 Å². The standard InChI is InChI=1S/C10H13NO2S/c1-6(2)8-4-7(10(12)13)5-9(11-8)14-3/h4-6H,1-3H3,(H,12,13). The van der Waals surface area contributed by atoms with Gasteiger partial charge in [0.1, 0.15) is 0 Å². The van der Waals surface area contributed by atoms with Crippen LogP contribution in [0.15, 0.2) is 17.2 Å². The van der Waals surface area contributed by atoms with Crippen LogP contribution in [0.25, 0.3) is 0 Å². The van der Waals surface area contributed by atoms with Gasteiger partial charge in [-0.15, -0.1) is 11.8 Å². The molecule has 0 amide bonds. The molecule has 0 unspecified atom stereocenters. The van der Waals surface area contributed by atoms with Crippen molar-refractivity contribution in [3.05, 3.63) is 23.4 Å². The van der Waals surface area contributed by atoms with Gasteiger partial charge in [0.05, 0.1) is 10.6 Å². The molecule has 4 heteroatoms. The molecule has 0 fully saturated rings. The van der Waals surface area contributed by atoms with E-state index in [4.69, 9.17) is 5.11 Å². The largest absolute Gasteiger partial charge is 0.478 e. The fourth-order valence-electron chi connectivity index (χ4n) is 1.05. The highest BCUT2D eigenvalue weighted by atomic mass is 32.2. The Morgan fingerprint density at radius 2 is 2.14 bits per heavy atom. The molecule has 1 aromatic heterocycles. The van der Waals surface area contributed by atoms with Crippen molar-refractivity contribution in [1.29, 1.82) is 0 Å². The molecule has 0 aliphatic carbocycles. The van der Waals surface area contributed by atoms with Crippen LogP contribution < -0.4 is 0 Å². The summed E-state index contributed by atoms with van der Waals surface area (Å²) in [6.45, 7) is 4.00. The first-order valence-electron chi connectivity index (χ1n) is 4.34. The van der Waals surface area contributed by atoms with Crippen LogP contribution in [0.3, 0.4) is 0 Å². The minimum atomic E-state index is -0.899. The van der Waals surface area contributed by atoms with E-state index >= 15 is 0 Å². The van der Waals surface area contributed by atoms with Gasteiger partial charge in [0.15, 0.2) is 0 Å². The first-order valence-corrected chi connectivity index (χ1v) is 5.56. The van der Waals surface area contributed by atoms with Gasteiger partial charge < -0.3 is 5.11 Å². The third-order valence-corrected chi connectivity index (χ3v) is 2.50. The van der Waals surface area contributed by atoms with E-state index in [9.17, 15) is 4.79 Å². The smallest absolute Gasteiger partial charge is 0.335 e. The summed E-state index contributed by atoms with van der Waals surface area (Å²) in [5.74, 6) is -0.648. The summed E-state index contributed by atoms with van der Waals surface area (Å²) in [5.41, 5.74) is 1.14. The summed E-state index contributed by atoms with van der Waals surface area (Å²) in [5, 5.41) is 9.63. The monoisotopic (exact) mass is 211 g/mol. The molecule has 0 radical (unpaired) electrons. The molecule has 0 atom stereocenters. The van der Waals surface area contributed by atoms with E-state index < -0.39 is 5.97 Å². The predicted molar refractivity (Wildman–Crippen MR) is 57.1 cm³/mol. The minimum absolute atomic E-state index is 0.250. The zero-order chi connectivity index (χ0) is 10.7. The summed E-state index contributed by atoms with van der Waals surface area (Å²) < 4.78 is 0. The second kappa shape index (κ2) is 4.46. The molecule has 14 heavy (non-hydrogen) atoms. The summed E-state index contributed by atoms with van der Waals surface area (Å²) in [4.78, 5) is 15.1. The quantitative estimate of drug-likeness (QED) is 0.781. The number of thioether (sulfide) groups is 1. The van der Waals surface area contributed by atoms with Crippen LogP contribution >= 0.6 is 11.8 Å². The molecule has 0 spiro atoms. The Kier molecular flexibility index (Phi) is 3.52. The molecule has 0 saturated carbocycles. The fourth-order valence-corrected chi connectivity index (χ4v) is 1.49. The molecular weight excluding hydrogens is 198 g/mol. The van der Waals surface area contributed by atoms with E-state index in [1.54, 1.807) is 12.1 Å². The lowest BCUT2D eigenvalue weighted by molar-refractivity contribution is 0.0696. The Balaban J connectivity index is 3.20. The number of hydrogen-bond donors (Lipinski definition) is 1. The van der Waals surface area contributed by atoms with E-state index in [-0.39, 0.29) is 5.92 Å². The number of carboxylic acid groups (broad SMARTS) is 1. The van der Waals surface area contributed by atoms with Gasteiger partial charge in [-0.3, -0.25) is 0 Å². The third-order valence-electron chi connectivity index (χ3n) is 1.87. The number of carboxylic acids is 1. The predicted octanol–water partition coefficient (Wildman–Crippen LogP) is 2.63. The van der Waals surface area contributed by atoms with Crippen molar-refractivity contribution >= 4 is 17.7 Å². The average molecular weight is 211 g/mol. The number of carbonyl (C=O) groups is 1. The van der Waals surface area contributed by atoms with Crippen LogP contribution in [-0.4, -0.2) is 22.3 Å². The van der Waals surface area contributed by atoms with Gasteiger partial charge in [0.25, 0.3) is 0 Å². The highest BCUT2D eigenvalue weighted by Crippen LogP contribution is 2.19. The van der Waals surface area contributed by atoms with Gasteiger partial charge in [-0.2, -0.15) is 0 Å². The van der Waals surface area contributed by atoms with Crippen molar-refractivity contribution < 1.29 is 9.90 Å². The Morgan fingerprint density at radius 1 is 1.50 bits per heavy atom. The Hall–Kier alpha value is -1.03. The van der Waals surface area contributed by atoms with E-state index in [1.165, 1.54) is 11.8 Å². The zero-order valence-electron chi connectivity index (χ0n) is 8.44. The fraction of sp³-hybridized carbons (Fsp3) is 0.400. The van der Waals surface area contributed by atoms with Gasteiger partial charge >= 0.3 is 5.97 Å². The van der Waals surface area contributed by atoms with Crippen molar-refractivity contribution in [1.82, 2.24) is 4.98 Å².